The highest BCUT2D eigenvalue weighted by Gasteiger charge is 2.04. The van der Waals surface area contributed by atoms with E-state index in [1.165, 1.54) is 6.92 Å². The van der Waals surface area contributed by atoms with Crippen molar-refractivity contribution in [1.29, 1.82) is 0 Å². The molecule has 0 fully saturated rings. The van der Waals surface area contributed by atoms with Gasteiger partial charge in [-0.15, -0.1) is 0 Å². The molecule has 14 heavy (non-hydrogen) atoms. The van der Waals surface area contributed by atoms with Gasteiger partial charge in [-0.25, -0.2) is 0 Å². The molecular weight excluding hydrogens is 180 g/mol. The number of nitrogens with two attached hydrogens (primary N) is 2. The average molecular weight is 196 g/mol. The molecule has 0 bridgehead atoms. The summed E-state index contributed by atoms with van der Waals surface area (Å²) in [7, 11) is 0. The molecule has 0 aromatic heterocycles. The van der Waals surface area contributed by atoms with Crippen molar-refractivity contribution in [3.63, 3.8) is 0 Å². The maximum atomic E-state index is 10.5. The minimum absolute atomic E-state index is 0.114. The number of Topliss-reactive ketones (excluding diaryl/α,β-unsaturated/α-hetero) is 1. The summed E-state index contributed by atoms with van der Waals surface area (Å²) in [6.45, 7) is 1.52. The summed E-state index contributed by atoms with van der Waals surface area (Å²) in [5.74, 6) is -0.397. The van der Waals surface area contributed by atoms with Crippen LogP contribution in [0.4, 0.5) is 0 Å². The van der Waals surface area contributed by atoms with E-state index in [2.05, 4.69) is 0 Å². The van der Waals surface area contributed by atoms with Crippen LogP contribution < -0.4 is 11.5 Å². The van der Waals surface area contributed by atoms with Crippen LogP contribution in [0.3, 0.4) is 0 Å². The van der Waals surface area contributed by atoms with Crippen molar-refractivity contribution in [2.45, 2.75) is 25.8 Å². The summed E-state index contributed by atoms with van der Waals surface area (Å²) >= 11 is 0. The predicted molar refractivity (Wildman–Crippen MR) is 55.4 cm³/mol. The molecule has 0 aromatic carbocycles. The van der Waals surface area contributed by atoms with Crippen molar-refractivity contribution < 1.29 is 9.59 Å². The summed E-state index contributed by atoms with van der Waals surface area (Å²) in [6, 6.07) is -0.632. The van der Waals surface area contributed by atoms with Crippen molar-refractivity contribution in [3.8, 4) is 0 Å². The molecule has 1 amide bonds. The largest absolute Gasteiger partial charge is 0.368 e. The van der Waals surface area contributed by atoms with Gasteiger partial charge in [0, 0.05) is 6.42 Å². The first-order chi connectivity index (χ1) is 6.54. The molecule has 4 N–H and O–H groups in total. The van der Waals surface area contributed by atoms with Crippen molar-refractivity contribution >= 4 is 11.7 Å². The molecule has 4 heteroatoms. The van der Waals surface area contributed by atoms with Crippen molar-refractivity contribution in [2.24, 2.45) is 11.5 Å². The molecule has 0 saturated heterocycles. The second-order valence-corrected chi connectivity index (χ2v) is 3.01. The van der Waals surface area contributed by atoms with Crippen LogP contribution in [-0.2, 0) is 9.59 Å². The molecule has 0 unspecified atom stereocenters. The highest BCUT2D eigenvalue weighted by atomic mass is 16.1. The topological polar surface area (TPSA) is 86.2 Å². The van der Waals surface area contributed by atoms with Crippen molar-refractivity contribution in [1.82, 2.24) is 0 Å². The Balaban J connectivity index is 3.68. The molecule has 1 atom stereocenters. The Labute approximate surface area is 83.6 Å². The van der Waals surface area contributed by atoms with Gasteiger partial charge in [0.15, 0.2) is 0 Å². The van der Waals surface area contributed by atoms with E-state index in [1.807, 2.05) is 0 Å². The van der Waals surface area contributed by atoms with Crippen LogP contribution >= 0.6 is 0 Å². The van der Waals surface area contributed by atoms with Gasteiger partial charge in [-0.3, -0.25) is 9.59 Å². The van der Waals surface area contributed by atoms with E-state index in [0.717, 1.165) is 0 Å². The Morgan fingerprint density at radius 3 is 2.36 bits per heavy atom. The second kappa shape index (κ2) is 7.03. The second-order valence-electron chi connectivity index (χ2n) is 3.01. The number of hydrogen-bond acceptors (Lipinski definition) is 3. The Hall–Kier alpha value is -1.42. The Morgan fingerprint density at radius 1 is 1.29 bits per heavy atom. The van der Waals surface area contributed by atoms with Gasteiger partial charge in [-0.05, 0) is 13.3 Å². The van der Waals surface area contributed by atoms with E-state index >= 15 is 0 Å². The smallest absolute Gasteiger partial charge is 0.234 e. The van der Waals surface area contributed by atoms with E-state index < -0.39 is 11.9 Å². The van der Waals surface area contributed by atoms with Crippen LogP contribution in [-0.4, -0.2) is 17.7 Å². The van der Waals surface area contributed by atoms with Gasteiger partial charge >= 0.3 is 0 Å². The minimum Gasteiger partial charge on any atom is -0.368 e. The lowest BCUT2D eigenvalue weighted by molar-refractivity contribution is -0.119. The van der Waals surface area contributed by atoms with Gasteiger partial charge in [0.25, 0.3) is 0 Å². The fourth-order valence-electron chi connectivity index (χ4n) is 0.732. The van der Waals surface area contributed by atoms with Gasteiger partial charge in [0.1, 0.15) is 5.78 Å². The number of amides is 1. The zero-order valence-corrected chi connectivity index (χ0v) is 8.27. The SMILES string of the molecule is CC(=O)CC=C/C=C/C[C@H](N)C(N)=O. The molecule has 78 valence electrons. The Morgan fingerprint density at radius 2 is 1.86 bits per heavy atom. The van der Waals surface area contributed by atoms with Crippen LogP contribution in [0.15, 0.2) is 24.3 Å². The van der Waals surface area contributed by atoms with Gasteiger partial charge in [-0.2, -0.15) is 0 Å². The fourth-order valence-corrected chi connectivity index (χ4v) is 0.732. The maximum Gasteiger partial charge on any atom is 0.234 e. The third kappa shape index (κ3) is 7.24. The fraction of sp³-hybridized carbons (Fsp3) is 0.400. The number of hydrogen-bond donors (Lipinski definition) is 2. The minimum atomic E-state index is -0.632. The molecule has 0 rings (SSSR count). The molecule has 0 radical (unpaired) electrons. The molecule has 4 nitrogen and oxygen atoms in total. The lowest BCUT2D eigenvalue weighted by atomic mass is 10.2. The van der Waals surface area contributed by atoms with Crippen LogP contribution in [0.5, 0.6) is 0 Å². The monoisotopic (exact) mass is 196 g/mol. The number of carbonyl (C=O) groups is 2. The van der Waals surface area contributed by atoms with Gasteiger partial charge in [-0.1, -0.05) is 24.3 Å². The van der Waals surface area contributed by atoms with Gasteiger partial charge in [0.2, 0.25) is 5.91 Å². The third-order valence-electron chi connectivity index (χ3n) is 1.54. The summed E-state index contributed by atoms with van der Waals surface area (Å²) in [6.07, 6.45) is 7.81. The lowest BCUT2D eigenvalue weighted by Gasteiger charge is -2.00. The quantitative estimate of drug-likeness (QED) is 0.598. The summed E-state index contributed by atoms with van der Waals surface area (Å²) < 4.78 is 0. The van der Waals surface area contributed by atoms with Crippen LogP contribution in [0.25, 0.3) is 0 Å². The van der Waals surface area contributed by atoms with Gasteiger partial charge < -0.3 is 11.5 Å². The first kappa shape index (κ1) is 12.6. The van der Waals surface area contributed by atoms with E-state index in [-0.39, 0.29) is 5.78 Å². The first-order valence-corrected chi connectivity index (χ1v) is 4.40. The van der Waals surface area contributed by atoms with Crippen LogP contribution in [0, 0.1) is 0 Å². The molecule has 0 aliphatic heterocycles. The van der Waals surface area contributed by atoms with Crippen LogP contribution in [0.2, 0.25) is 0 Å². The Kier molecular flexibility index (Phi) is 6.32. The first-order valence-electron chi connectivity index (χ1n) is 4.40. The van der Waals surface area contributed by atoms with Crippen LogP contribution in [0.1, 0.15) is 19.8 Å². The number of rotatable bonds is 6. The highest BCUT2D eigenvalue weighted by molar-refractivity contribution is 5.79. The number of ketones is 1. The third-order valence-corrected chi connectivity index (χ3v) is 1.54. The maximum absolute atomic E-state index is 10.5. The van der Waals surface area contributed by atoms with Crippen molar-refractivity contribution in [3.05, 3.63) is 24.3 Å². The van der Waals surface area contributed by atoms with E-state index in [4.69, 9.17) is 11.5 Å². The molecule has 0 heterocycles. The average Bonchev–Trinajstić information content (AvgIpc) is 2.09. The molecule has 0 saturated carbocycles. The molecule has 0 spiro atoms. The van der Waals surface area contributed by atoms with E-state index in [9.17, 15) is 9.59 Å². The normalized spacial score (nSPS) is 13.6. The van der Waals surface area contributed by atoms with Crippen molar-refractivity contribution in [2.75, 3.05) is 0 Å². The highest BCUT2D eigenvalue weighted by Crippen LogP contribution is 1.91. The van der Waals surface area contributed by atoms with E-state index in [0.29, 0.717) is 12.8 Å². The number of carbonyl (C=O) groups excluding carboxylic acids is 2. The zero-order valence-electron chi connectivity index (χ0n) is 8.27. The lowest BCUT2D eigenvalue weighted by Crippen LogP contribution is -2.35. The molecule has 0 aliphatic rings. The number of primary amides is 1. The summed E-state index contributed by atoms with van der Waals surface area (Å²) in [4.78, 5) is 21.0. The summed E-state index contributed by atoms with van der Waals surface area (Å²) in [5.41, 5.74) is 10.3. The Bertz CT molecular complexity index is 257. The standard InChI is InChI=1S/C10H16N2O2/c1-8(13)6-4-2-3-5-7-9(11)10(12)14/h2-5,9H,6-7,11H2,1H3,(H2,12,14)/b4-2?,5-3+/t9-/m0/s1. The molecule has 0 aliphatic carbocycles. The summed E-state index contributed by atoms with van der Waals surface area (Å²) in [5, 5.41) is 0. The zero-order chi connectivity index (χ0) is 11.0. The van der Waals surface area contributed by atoms with E-state index in [1.54, 1.807) is 24.3 Å². The predicted octanol–water partition coefficient (Wildman–Crippen LogP) is 0.281. The van der Waals surface area contributed by atoms with Gasteiger partial charge in [0.05, 0.1) is 6.04 Å². The molecular formula is C10H16N2O2. The molecule has 0 aromatic rings. The number of allylic oxidation sites excluding steroid dienone is 3.